The molecule has 1 heterocycles. The lowest BCUT2D eigenvalue weighted by atomic mass is 9.87. The molecule has 0 aromatic heterocycles. The molecule has 1 saturated carbocycles. The first kappa shape index (κ1) is 12.8. The van der Waals surface area contributed by atoms with Gasteiger partial charge in [0.1, 0.15) is 0 Å². The van der Waals surface area contributed by atoms with E-state index in [1.807, 2.05) is 0 Å². The van der Waals surface area contributed by atoms with Crippen LogP contribution in [0.1, 0.15) is 39.5 Å². The Balaban J connectivity index is 1.88. The number of fused-ring (bicyclic) bond motifs is 1. The summed E-state index contributed by atoms with van der Waals surface area (Å²) in [6, 6.07) is 0.617. The third kappa shape index (κ3) is 2.80. The molecule has 3 N–H and O–H groups in total. The van der Waals surface area contributed by atoms with Gasteiger partial charge in [-0.05, 0) is 32.2 Å². The van der Waals surface area contributed by atoms with E-state index in [-0.39, 0.29) is 5.41 Å². The van der Waals surface area contributed by atoms with E-state index in [2.05, 4.69) is 18.7 Å². The summed E-state index contributed by atoms with van der Waals surface area (Å²) in [5, 5.41) is 7.60. The predicted octanol–water partition coefficient (Wildman–Crippen LogP) is 1.59. The summed E-state index contributed by atoms with van der Waals surface area (Å²) in [6.07, 6.45) is 5.21. The van der Waals surface area contributed by atoms with Crippen LogP contribution < -0.4 is 5.73 Å². The molecule has 98 valence electrons. The molecule has 2 unspecified atom stereocenters. The minimum atomic E-state index is -0.174. The lowest BCUT2D eigenvalue weighted by molar-refractivity contribution is -0.0572. The van der Waals surface area contributed by atoms with Crippen LogP contribution in [0.4, 0.5) is 0 Å². The number of hydrogen-bond acceptors (Lipinski definition) is 3. The number of nitrogens with one attached hydrogen (secondary N) is 1. The van der Waals surface area contributed by atoms with Gasteiger partial charge in [-0.3, -0.25) is 10.3 Å². The second-order valence-electron chi connectivity index (χ2n) is 5.99. The normalized spacial score (nSPS) is 30.2. The van der Waals surface area contributed by atoms with Crippen LogP contribution in [-0.2, 0) is 4.74 Å². The van der Waals surface area contributed by atoms with Crippen LogP contribution in [0.3, 0.4) is 0 Å². The highest BCUT2D eigenvalue weighted by Gasteiger charge is 2.36. The van der Waals surface area contributed by atoms with Gasteiger partial charge in [-0.25, -0.2) is 0 Å². The second kappa shape index (κ2) is 4.94. The Morgan fingerprint density at radius 3 is 2.94 bits per heavy atom. The van der Waals surface area contributed by atoms with Crippen LogP contribution in [0.5, 0.6) is 0 Å². The van der Waals surface area contributed by atoms with Crippen LogP contribution in [0, 0.1) is 10.8 Å². The Kier molecular flexibility index (Phi) is 3.73. The van der Waals surface area contributed by atoms with Gasteiger partial charge in [-0.1, -0.05) is 13.8 Å². The minimum absolute atomic E-state index is 0.174. The van der Waals surface area contributed by atoms with E-state index < -0.39 is 0 Å². The summed E-state index contributed by atoms with van der Waals surface area (Å²) >= 11 is 0. The SMILES string of the molecule is CC(C)(CCN1CCOC2CCCC21)C(=N)N. The third-order valence-electron chi connectivity index (χ3n) is 4.35. The van der Waals surface area contributed by atoms with Crippen molar-refractivity contribution in [3.05, 3.63) is 0 Å². The Morgan fingerprint density at radius 1 is 1.47 bits per heavy atom. The smallest absolute Gasteiger partial charge is 0.0963 e. The summed E-state index contributed by atoms with van der Waals surface area (Å²) in [4.78, 5) is 2.55. The fourth-order valence-electron chi connectivity index (χ4n) is 2.84. The molecule has 0 bridgehead atoms. The van der Waals surface area contributed by atoms with E-state index in [0.717, 1.165) is 26.1 Å². The fourth-order valence-corrected chi connectivity index (χ4v) is 2.84. The molecule has 0 spiro atoms. The quantitative estimate of drug-likeness (QED) is 0.578. The van der Waals surface area contributed by atoms with Crippen molar-refractivity contribution in [2.75, 3.05) is 19.7 Å². The number of nitrogens with zero attached hydrogens (tertiary/aromatic N) is 1. The van der Waals surface area contributed by atoms with Crippen molar-refractivity contribution < 1.29 is 4.74 Å². The van der Waals surface area contributed by atoms with Crippen molar-refractivity contribution in [1.82, 2.24) is 4.90 Å². The van der Waals surface area contributed by atoms with Crippen molar-refractivity contribution in [3.8, 4) is 0 Å². The number of hydrogen-bond donors (Lipinski definition) is 2. The molecule has 2 atom stereocenters. The van der Waals surface area contributed by atoms with E-state index in [0.29, 0.717) is 18.0 Å². The summed E-state index contributed by atoms with van der Waals surface area (Å²) in [7, 11) is 0. The molecule has 2 rings (SSSR count). The van der Waals surface area contributed by atoms with E-state index in [1.54, 1.807) is 0 Å². The predicted molar refractivity (Wildman–Crippen MR) is 69.3 cm³/mol. The highest BCUT2D eigenvalue weighted by Crippen LogP contribution is 2.31. The zero-order valence-electron chi connectivity index (χ0n) is 11.0. The standard InChI is InChI=1S/C13H25N3O/c1-13(2,12(14)15)6-7-16-8-9-17-11-5-3-4-10(11)16/h10-11H,3-9H2,1-2H3,(H3,14,15). The first-order valence-corrected chi connectivity index (χ1v) is 6.71. The maximum atomic E-state index is 7.60. The summed E-state index contributed by atoms with van der Waals surface area (Å²) in [5.41, 5.74) is 5.46. The molecule has 2 fully saturated rings. The van der Waals surface area contributed by atoms with Crippen LogP contribution in [0.2, 0.25) is 0 Å². The van der Waals surface area contributed by atoms with Crippen molar-refractivity contribution in [1.29, 1.82) is 5.41 Å². The molecule has 0 aromatic rings. The van der Waals surface area contributed by atoms with E-state index in [4.69, 9.17) is 15.9 Å². The van der Waals surface area contributed by atoms with E-state index >= 15 is 0 Å². The van der Waals surface area contributed by atoms with Gasteiger partial charge in [0.2, 0.25) is 0 Å². The maximum Gasteiger partial charge on any atom is 0.0963 e. The zero-order valence-corrected chi connectivity index (χ0v) is 11.0. The molecular weight excluding hydrogens is 214 g/mol. The number of ether oxygens (including phenoxy) is 1. The van der Waals surface area contributed by atoms with Crippen molar-refractivity contribution in [2.45, 2.75) is 51.7 Å². The third-order valence-corrected chi connectivity index (χ3v) is 4.35. The number of nitrogens with two attached hydrogens (primary N) is 1. The van der Waals surface area contributed by atoms with E-state index in [1.165, 1.54) is 19.3 Å². The van der Waals surface area contributed by atoms with Gasteiger partial charge in [-0.2, -0.15) is 0 Å². The first-order chi connectivity index (χ1) is 8.00. The van der Waals surface area contributed by atoms with Gasteiger partial charge in [0, 0.05) is 18.0 Å². The molecule has 0 radical (unpaired) electrons. The Bertz CT molecular complexity index is 290. The topological polar surface area (TPSA) is 62.3 Å². The monoisotopic (exact) mass is 239 g/mol. The molecule has 1 aliphatic carbocycles. The average Bonchev–Trinajstić information content (AvgIpc) is 2.74. The van der Waals surface area contributed by atoms with E-state index in [9.17, 15) is 0 Å². The van der Waals surface area contributed by atoms with Crippen molar-refractivity contribution in [3.63, 3.8) is 0 Å². The molecule has 0 amide bonds. The van der Waals surface area contributed by atoms with Crippen LogP contribution in [0.25, 0.3) is 0 Å². The van der Waals surface area contributed by atoms with Gasteiger partial charge >= 0.3 is 0 Å². The minimum Gasteiger partial charge on any atom is -0.387 e. The fraction of sp³-hybridized carbons (Fsp3) is 0.923. The Morgan fingerprint density at radius 2 is 2.24 bits per heavy atom. The molecule has 1 aliphatic heterocycles. The van der Waals surface area contributed by atoms with Gasteiger partial charge in [-0.15, -0.1) is 0 Å². The lowest BCUT2D eigenvalue weighted by Gasteiger charge is -2.39. The number of amidine groups is 1. The molecule has 17 heavy (non-hydrogen) atoms. The highest BCUT2D eigenvalue weighted by atomic mass is 16.5. The zero-order chi connectivity index (χ0) is 12.5. The largest absolute Gasteiger partial charge is 0.387 e. The lowest BCUT2D eigenvalue weighted by Crippen LogP contribution is -2.49. The second-order valence-corrected chi connectivity index (χ2v) is 5.99. The Labute approximate surface area is 104 Å². The van der Waals surface area contributed by atoms with Gasteiger partial charge in [0.15, 0.2) is 0 Å². The number of rotatable bonds is 4. The van der Waals surface area contributed by atoms with Crippen molar-refractivity contribution in [2.24, 2.45) is 11.1 Å². The summed E-state index contributed by atoms with van der Waals surface area (Å²) < 4.78 is 5.80. The van der Waals surface area contributed by atoms with Gasteiger partial charge < -0.3 is 10.5 Å². The summed E-state index contributed by atoms with van der Waals surface area (Å²) in [6.45, 7) is 7.05. The molecule has 0 aromatic carbocycles. The molecule has 4 nitrogen and oxygen atoms in total. The van der Waals surface area contributed by atoms with Crippen LogP contribution in [0.15, 0.2) is 0 Å². The number of morpholine rings is 1. The first-order valence-electron chi connectivity index (χ1n) is 6.71. The van der Waals surface area contributed by atoms with Gasteiger partial charge in [0.05, 0.1) is 18.5 Å². The molecule has 2 aliphatic rings. The van der Waals surface area contributed by atoms with Crippen LogP contribution in [-0.4, -0.2) is 42.6 Å². The molecule has 4 heteroatoms. The maximum absolute atomic E-state index is 7.60. The molecule has 1 saturated heterocycles. The Hall–Kier alpha value is -0.610. The van der Waals surface area contributed by atoms with Gasteiger partial charge in [0.25, 0.3) is 0 Å². The molecular formula is C13H25N3O. The average molecular weight is 239 g/mol. The van der Waals surface area contributed by atoms with Crippen molar-refractivity contribution >= 4 is 5.84 Å². The van der Waals surface area contributed by atoms with Crippen LogP contribution >= 0.6 is 0 Å². The summed E-state index contributed by atoms with van der Waals surface area (Å²) in [5.74, 6) is 0.300. The highest BCUT2D eigenvalue weighted by molar-refractivity contribution is 5.82.